The van der Waals surface area contributed by atoms with E-state index in [0.29, 0.717) is 10.6 Å². The molecule has 2 aromatic carbocycles. The highest BCUT2D eigenvalue weighted by Crippen LogP contribution is 2.30. The van der Waals surface area contributed by atoms with Gasteiger partial charge in [-0.15, -0.1) is 11.3 Å². The van der Waals surface area contributed by atoms with Crippen molar-refractivity contribution in [2.45, 2.75) is 0 Å². The number of nitriles is 1. The van der Waals surface area contributed by atoms with Gasteiger partial charge >= 0.3 is 0 Å². The summed E-state index contributed by atoms with van der Waals surface area (Å²) < 4.78 is 2.01. The summed E-state index contributed by atoms with van der Waals surface area (Å²) in [6.07, 6.45) is 3.87. The van der Waals surface area contributed by atoms with Gasteiger partial charge in [0.2, 0.25) is 0 Å². The van der Waals surface area contributed by atoms with Crippen LogP contribution in [0.2, 0.25) is 5.02 Å². The predicted molar refractivity (Wildman–Crippen MR) is 103 cm³/mol. The van der Waals surface area contributed by atoms with E-state index in [-0.39, 0.29) is 0 Å². The molecular formula is C20H12ClN3S. The van der Waals surface area contributed by atoms with E-state index in [1.54, 1.807) is 11.3 Å². The van der Waals surface area contributed by atoms with Crippen molar-refractivity contribution in [3.63, 3.8) is 0 Å². The minimum atomic E-state index is 0.601. The molecule has 0 fully saturated rings. The number of fused-ring (bicyclic) bond motifs is 1. The molecule has 25 heavy (non-hydrogen) atoms. The number of allylic oxidation sites excluding steroid dienone is 1. The van der Waals surface area contributed by atoms with Gasteiger partial charge in [-0.25, -0.2) is 4.98 Å². The molecule has 0 spiro atoms. The summed E-state index contributed by atoms with van der Waals surface area (Å²) in [7, 11) is 0. The summed E-state index contributed by atoms with van der Waals surface area (Å²) in [5.41, 5.74) is 4.18. The van der Waals surface area contributed by atoms with Crippen molar-refractivity contribution in [2.75, 3.05) is 0 Å². The maximum Gasteiger partial charge on any atom is 0.194 e. The number of hydrogen-bond acceptors (Lipinski definition) is 3. The van der Waals surface area contributed by atoms with Gasteiger partial charge in [-0.2, -0.15) is 5.26 Å². The molecule has 0 atom stereocenters. The van der Waals surface area contributed by atoms with Crippen LogP contribution in [0, 0.1) is 11.3 Å². The standard InChI is InChI=1S/C20H12ClN3S/c21-17-8-6-15(7-9-17)19-18(24-10-11-25-20(24)23-19)12-16(13-22)14-4-2-1-3-5-14/h1-12H. The number of hydrogen-bond donors (Lipinski definition) is 0. The molecule has 120 valence electrons. The number of halogens is 1. The number of rotatable bonds is 3. The van der Waals surface area contributed by atoms with Gasteiger partial charge in [-0.3, -0.25) is 4.40 Å². The molecule has 0 amide bonds. The van der Waals surface area contributed by atoms with Crippen molar-refractivity contribution in [3.8, 4) is 17.3 Å². The highest BCUT2D eigenvalue weighted by atomic mass is 35.5. The molecule has 0 unspecified atom stereocenters. The maximum absolute atomic E-state index is 9.64. The molecule has 0 aliphatic rings. The van der Waals surface area contributed by atoms with E-state index in [9.17, 15) is 5.26 Å². The summed E-state index contributed by atoms with van der Waals surface area (Å²) in [6, 6.07) is 19.5. The molecule has 0 aliphatic heterocycles. The van der Waals surface area contributed by atoms with Gasteiger partial charge in [0, 0.05) is 22.2 Å². The zero-order chi connectivity index (χ0) is 17.2. The first kappa shape index (κ1) is 15.6. The second-order valence-corrected chi connectivity index (χ2v) is 6.75. The van der Waals surface area contributed by atoms with Crippen LogP contribution >= 0.6 is 22.9 Å². The Morgan fingerprint density at radius 2 is 1.88 bits per heavy atom. The van der Waals surface area contributed by atoms with Gasteiger partial charge in [-0.1, -0.05) is 54.1 Å². The van der Waals surface area contributed by atoms with E-state index < -0.39 is 0 Å². The smallest absolute Gasteiger partial charge is 0.194 e. The highest BCUT2D eigenvalue weighted by Gasteiger charge is 2.14. The number of thiazole rings is 1. The molecule has 0 bridgehead atoms. The number of benzene rings is 2. The molecule has 4 aromatic rings. The highest BCUT2D eigenvalue weighted by molar-refractivity contribution is 7.15. The number of aromatic nitrogens is 2. The van der Waals surface area contributed by atoms with Gasteiger partial charge in [-0.05, 0) is 23.8 Å². The fourth-order valence-corrected chi connectivity index (χ4v) is 3.54. The molecule has 3 nitrogen and oxygen atoms in total. The second-order valence-electron chi connectivity index (χ2n) is 5.44. The van der Waals surface area contributed by atoms with Crippen molar-refractivity contribution in [3.05, 3.63) is 82.5 Å². The Kier molecular flexibility index (Phi) is 4.10. The molecule has 5 heteroatoms. The normalized spacial score (nSPS) is 11.6. The summed E-state index contributed by atoms with van der Waals surface area (Å²) >= 11 is 7.57. The topological polar surface area (TPSA) is 41.1 Å². The van der Waals surface area contributed by atoms with Gasteiger partial charge in [0.05, 0.1) is 23.0 Å². The van der Waals surface area contributed by atoms with Gasteiger partial charge in [0.15, 0.2) is 4.96 Å². The van der Waals surface area contributed by atoms with E-state index in [4.69, 9.17) is 16.6 Å². The fourth-order valence-electron chi connectivity index (χ4n) is 2.70. The van der Waals surface area contributed by atoms with E-state index in [2.05, 4.69) is 6.07 Å². The zero-order valence-corrected chi connectivity index (χ0v) is 14.6. The number of imidazole rings is 1. The average Bonchev–Trinajstić information content (AvgIpc) is 3.23. The molecule has 0 saturated heterocycles. The summed E-state index contributed by atoms with van der Waals surface area (Å²) in [5, 5.41) is 12.3. The molecule has 2 heterocycles. The van der Waals surface area contributed by atoms with Crippen LogP contribution in [0.4, 0.5) is 0 Å². The van der Waals surface area contributed by atoms with Gasteiger partial charge in [0.25, 0.3) is 0 Å². The minimum Gasteiger partial charge on any atom is -0.290 e. The first-order chi connectivity index (χ1) is 12.3. The third-order valence-corrected chi connectivity index (χ3v) is 4.91. The number of nitrogens with zero attached hydrogens (tertiary/aromatic N) is 3. The van der Waals surface area contributed by atoms with E-state index in [1.165, 1.54) is 0 Å². The lowest BCUT2D eigenvalue weighted by Crippen LogP contribution is -1.88. The predicted octanol–water partition coefficient (Wildman–Crippen LogP) is 5.78. The van der Waals surface area contributed by atoms with Crippen molar-refractivity contribution >= 4 is 39.5 Å². The Labute approximate surface area is 154 Å². The van der Waals surface area contributed by atoms with Crippen LogP contribution in [-0.2, 0) is 0 Å². The van der Waals surface area contributed by atoms with Crippen molar-refractivity contribution in [1.29, 1.82) is 5.26 Å². The van der Waals surface area contributed by atoms with Crippen molar-refractivity contribution in [2.24, 2.45) is 0 Å². The van der Waals surface area contributed by atoms with Crippen LogP contribution < -0.4 is 0 Å². The van der Waals surface area contributed by atoms with Gasteiger partial charge < -0.3 is 0 Å². The van der Waals surface area contributed by atoms with Crippen LogP contribution in [0.15, 0.2) is 66.2 Å². The Balaban J connectivity index is 1.93. The quantitative estimate of drug-likeness (QED) is 0.434. The van der Waals surface area contributed by atoms with Crippen molar-refractivity contribution < 1.29 is 0 Å². The van der Waals surface area contributed by atoms with Crippen LogP contribution in [0.3, 0.4) is 0 Å². The molecule has 4 rings (SSSR count). The Morgan fingerprint density at radius 3 is 2.60 bits per heavy atom. The minimum absolute atomic E-state index is 0.601. The summed E-state index contributed by atoms with van der Waals surface area (Å²) in [4.78, 5) is 5.63. The fraction of sp³-hybridized carbons (Fsp3) is 0. The maximum atomic E-state index is 9.64. The van der Waals surface area contributed by atoms with Crippen LogP contribution in [0.1, 0.15) is 11.3 Å². The lowest BCUT2D eigenvalue weighted by molar-refractivity contribution is 1.21. The first-order valence-corrected chi connectivity index (χ1v) is 8.91. The average molecular weight is 362 g/mol. The lowest BCUT2D eigenvalue weighted by atomic mass is 10.0. The van der Waals surface area contributed by atoms with E-state index >= 15 is 0 Å². The monoisotopic (exact) mass is 361 g/mol. The molecule has 0 N–H and O–H groups in total. The third-order valence-electron chi connectivity index (χ3n) is 3.90. The molecular weight excluding hydrogens is 350 g/mol. The largest absolute Gasteiger partial charge is 0.290 e. The van der Waals surface area contributed by atoms with Gasteiger partial charge in [0.1, 0.15) is 0 Å². The SMILES string of the molecule is N#CC(=Cc1c(-c2ccc(Cl)cc2)nc2sccn12)c1ccccc1. The first-order valence-electron chi connectivity index (χ1n) is 7.65. The van der Waals surface area contributed by atoms with Crippen LogP contribution in [0.25, 0.3) is 27.9 Å². The molecule has 0 radical (unpaired) electrons. The van der Waals surface area contributed by atoms with Crippen molar-refractivity contribution in [1.82, 2.24) is 9.38 Å². The molecule has 2 aromatic heterocycles. The third kappa shape index (κ3) is 2.96. The van der Waals surface area contributed by atoms with Crippen LogP contribution in [-0.4, -0.2) is 9.38 Å². The molecule has 0 saturated carbocycles. The van der Waals surface area contributed by atoms with E-state index in [0.717, 1.165) is 27.5 Å². The van der Waals surface area contributed by atoms with Crippen LogP contribution in [0.5, 0.6) is 0 Å². The Bertz CT molecular complexity index is 1100. The summed E-state index contributed by atoms with van der Waals surface area (Å²) in [6.45, 7) is 0. The van der Waals surface area contributed by atoms with E-state index in [1.807, 2.05) is 76.7 Å². The Morgan fingerprint density at radius 1 is 1.12 bits per heavy atom. The second kappa shape index (κ2) is 6.56. The zero-order valence-electron chi connectivity index (χ0n) is 13.1. The molecule has 0 aliphatic carbocycles. The Hall–Kier alpha value is -2.87. The summed E-state index contributed by atoms with van der Waals surface area (Å²) in [5.74, 6) is 0. The lowest BCUT2D eigenvalue weighted by Gasteiger charge is -2.03.